The molecule has 7 heteroatoms. The monoisotopic (exact) mass is 442 g/mol. The highest BCUT2D eigenvalue weighted by atomic mass is 19.1. The number of guanidine groups is 1. The van der Waals surface area contributed by atoms with Gasteiger partial charge in [0.2, 0.25) is 0 Å². The van der Waals surface area contributed by atoms with Gasteiger partial charge in [-0.2, -0.15) is 0 Å². The molecule has 0 bridgehead atoms. The Bertz CT molecular complexity index is 880. The van der Waals surface area contributed by atoms with Crippen molar-refractivity contribution in [1.82, 2.24) is 15.1 Å². The van der Waals surface area contributed by atoms with Crippen molar-refractivity contribution in [2.24, 2.45) is 4.99 Å². The van der Waals surface area contributed by atoms with Crippen LogP contribution in [0.2, 0.25) is 0 Å². The van der Waals surface area contributed by atoms with Crippen LogP contribution in [0, 0.1) is 5.82 Å². The molecule has 2 aromatic rings. The number of benzene rings is 2. The van der Waals surface area contributed by atoms with Gasteiger partial charge in [0, 0.05) is 39.8 Å². The van der Waals surface area contributed by atoms with Gasteiger partial charge in [-0.05, 0) is 48.6 Å². The van der Waals surface area contributed by atoms with Gasteiger partial charge in [0.25, 0.3) is 0 Å². The average Bonchev–Trinajstić information content (AvgIpc) is 2.79. The first-order valence-electron chi connectivity index (χ1n) is 11.3. The van der Waals surface area contributed by atoms with E-state index in [0.29, 0.717) is 13.1 Å². The number of methoxy groups -OCH3 is 1. The Morgan fingerprint density at radius 3 is 2.44 bits per heavy atom. The van der Waals surface area contributed by atoms with Crippen LogP contribution in [0.25, 0.3) is 0 Å². The van der Waals surface area contributed by atoms with Crippen molar-refractivity contribution >= 4 is 5.96 Å². The van der Waals surface area contributed by atoms with Crippen molar-refractivity contribution in [3.63, 3.8) is 0 Å². The number of hydrogen-bond acceptors (Lipinski definition) is 4. The standard InChI is InChI=1S/C25H35FN4O2/c1-4-27-25(29(2)17-21-9-10-24(32-3)23(26)15-21)28-16-19-5-7-20(8-6-19)18-30-13-11-22(31)12-14-30/h5-10,15,22,31H,4,11-14,16-18H2,1-3H3,(H,27,28). The molecule has 0 radical (unpaired) electrons. The van der Waals surface area contributed by atoms with E-state index in [-0.39, 0.29) is 17.7 Å². The van der Waals surface area contributed by atoms with Gasteiger partial charge >= 0.3 is 0 Å². The zero-order chi connectivity index (χ0) is 22.9. The Labute approximate surface area is 190 Å². The van der Waals surface area contributed by atoms with Gasteiger partial charge in [0.1, 0.15) is 0 Å². The lowest BCUT2D eigenvalue weighted by Crippen LogP contribution is -2.38. The topological polar surface area (TPSA) is 60.3 Å². The minimum Gasteiger partial charge on any atom is -0.494 e. The summed E-state index contributed by atoms with van der Waals surface area (Å²) in [7, 11) is 3.41. The van der Waals surface area contributed by atoms with Gasteiger partial charge in [0.15, 0.2) is 17.5 Å². The number of rotatable bonds is 8. The zero-order valence-electron chi connectivity index (χ0n) is 19.4. The highest BCUT2D eigenvalue weighted by Crippen LogP contribution is 2.19. The molecule has 174 valence electrons. The highest BCUT2D eigenvalue weighted by molar-refractivity contribution is 5.79. The third-order valence-electron chi connectivity index (χ3n) is 5.73. The van der Waals surface area contributed by atoms with E-state index in [4.69, 9.17) is 9.73 Å². The molecule has 0 unspecified atom stereocenters. The third kappa shape index (κ3) is 6.93. The van der Waals surface area contributed by atoms with E-state index in [9.17, 15) is 9.50 Å². The first kappa shape index (κ1) is 24.0. The van der Waals surface area contributed by atoms with Crippen LogP contribution < -0.4 is 10.1 Å². The van der Waals surface area contributed by atoms with Crippen molar-refractivity contribution in [3.05, 3.63) is 65.0 Å². The molecule has 1 fully saturated rings. The summed E-state index contributed by atoms with van der Waals surface area (Å²) in [6, 6.07) is 13.6. The molecule has 6 nitrogen and oxygen atoms in total. The second kappa shape index (κ2) is 11.8. The second-order valence-corrected chi connectivity index (χ2v) is 8.32. The number of ether oxygens (including phenoxy) is 1. The first-order valence-corrected chi connectivity index (χ1v) is 11.3. The molecule has 0 aliphatic carbocycles. The lowest BCUT2D eigenvalue weighted by Gasteiger charge is -2.29. The summed E-state index contributed by atoms with van der Waals surface area (Å²) in [6.07, 6.45) is 1.58. The molecule has 0 saturated carbocycles. The number of halogens is 1. The molecule has 1 heterocycles. The van der Waals surface area contributed by atoms with E-state index in [0.717, 1.165) is 56.1 Å². The molecule has 2 aromatic carbocycles. The van der Waals surface area contributed by atoms with Gasteiger partial charge in [-0.1, -0.05) is 30.3 Å². The molecular weight excluding hydrogens is 407 g/mol. The Morgan fingerprint density at radius 2 is 1.81 bits per heavy atom. The van der Waals surface area contributed by atoms with Crippen molar-refractivity contribution in [2.75, 3.05) is 33.8 Å². The van der Waals surface area contributed by atoms with Crippen molar-refractivity contribution < 1.29 is 14.2 Å². The summed E-state index contributed by atoms with van der Waals surface area (Å²) < 4.78 is 19.0. The smallest absolute Gasteiger partial charge is 0.194 e. The average molecular weight is 443 g/mol. The van der Waals surface area contributed by atoms with Crippen molar-refractivity contribution in [3.8, 4) is 5.75 Å². The molecule has 32 heavy (non-hydrogen) atoms. The summed E-state index contributed by atoms with van der Waals surface area (Å²) in [5.41, 5.74) is 3.27. The number of aliphatic imine (C=N–C) groups is 1. The quantitative estimate of drug-likeness (QED) is 0.485. The van der Waals surface area contributed by atoms with E-state index in [1.807, 2.05) is 24.9 Å². The van der Waals surface area contributed by atoms with E-state index in [2.05, 4.69) is 34.5 Å². The van der Waals surface area contributed by atoms with Crippen LogP contribution in [0.3, 0.4) is 0 Å². The van der Waals surface area contributed by atoms with Gasteiger partial charge in [0.05, 0.1) is 19.8 Å². The number of aliphatic hydroxyl groups excluding tert-OH is 1. The van der Waals surface area contributed by atoms with Gasteiger partial charge in [-0.25, -0.2) is 9.38 Å². The fraction of sp³-hybridized carbons (Fsp3) is 0.480. The summed E-state index contributed by atoms with van der Waals surface area (Å²) in [4.78, 5) is 9.14. The number of hydrogen-bond donors (Lipinski definition) is 2. The summed E-state index contributed by atoms with van der Waals surface area (Å²) >= 11 is 0. The lowest BCUT2D eigenvalue weighted by atomic mass is 10.1. The van der Waals surface area contributed by atoms with Crippen LogP contribution in [0.5, 0.6) is 5.75 Å². The molecule has 2 N–H and O–H groups in total. The zero-order valence-corrected chi connectivity index (χ0v) is 19.4. The van der Waals surface area contributed by atoms with Crippen LogP contribution in [0.4, 0.5) is 4.39 Å². The van der Waals surface area contributed by atoms with Crippen LogP contribution in [0.1, 0.15) is 36.5 Å². The van der Waals surface area contributed by atoms with E-state index < -0.39 is 0 Å². The predicted octanol–water partition coefficient (Wildman–Crippen LogP) is 3.39. The highest BCUT2D eigenvalue weighted by Gasteiger charge is 2.16. The summed E-state index contributed by atoms with van der Waals surface area (Å²) in [5, 5.41) is 13.0. The van der Waals surface area contributed by atoms with Crippen LogP contribution >= 0.6 is 0 Å². The van der Waals surface area contributed by atoms with Crippen molar-refractivity contribution in [2.45, 2.75) is 45.5 Å². The molecule has 0 spiro atoms. The van der Waals surface area contributed by atoms with E-state index in [1.54, 1.807) is 6.07 Å². The molecular formula is C25H35FN4O2. The Morgan fingerprint density at radius 1 is 1.16 bits per heavy atom. The molecule has 3 rings (SSSR count). The molecule has 0 atom stereocenters. The Hall–Kier alpha value is -2.64. The fourth-order valence-corrected chi connectivity index (χ4v) is 3.88. The van der Waals surface area contributed by atoms with Crippen molar-refractivity contribution in [1.29, 1.82) is 0 Å². The fourth-order valence-electron chi connectivity index (χ4n) is 3.88. The maximum Gasteiger partial charge on any atom is 0.194 e. The Balaban J connectivity index is 1.58. The predicted molar refractivity (Wildman–Crippen MR) is 126 cm³/mol. The van der Waals surface area contributed by atoms with E-state index in [1.165, 1.54) is 18.7 Å². The number of nitrogens with one attached hydrogen (secondary N) is 1. The SMILES string of the molecule is CCNC(=NCc1ccc(CN2CCC(O)CC2)cc1)N(C)Cc1ccc(OC)c(F)c1. The minimum atomic E-state index is -0.360. The van der Waals surface area contributed by atoms with Crippen LogP contribution in [0.15, 0.2) is 47.5 Å². The molecule has 1 aliphatic rings. The molecule has 0 amide bonds. The Kier molecular flexibility index (Phi) is 8.88. The maximum absolute atomic E-state index is 14.0. The van der Waals surface area contributed by atoms with E-state index >= 15 is 0 Å². The largest absolute Gasteiger partial charge is 0.494 e. The number of aliphatic hydroxyl groups is 1. The van der Waals surface area contributed by atoms with Gasteiger partial charge < -0.3 is 20.1 Å². The lowest BCUT2D eigenvalue weighted by molar-refractivity contribution is 0.0792. The number of nitrogens with zero attached hydrogens (tertiary/aromatic N) is 3. The van der Waals surface area contributed by atoms with Gasteiger partial charge in [-0.3, -0.25) is 4.90 Å². The molecule has 1 aliphatic heterocycles. The van der Waals surface area contributed by atoms with Crippen LogP contribution in [-0.4, -0.2) is 60.8 Å². The third-order valence-corrected chi connectivity index (χ3v) is 5.73. The number of likely N-dealkylation sites (tertiary alicyclic amines) is 1. The van der Waals surface area contributed by atoms with Crippen LogP contribution in [-0.2, 0) is 19.6 Å². The second-order valence-electron chi connectivity index (χ2n) is 8.32. The first-order chi connectivity index (χ1) is 15.5. The minimum absolute atomic E-state index is 0.140. The molecule has 0 aromatic heterocycles. The normalized spacial score (nSPS) is 15.6. The van der Waals surface area contributed by atoms with Gasteiger partial charge in [-0.15, -0.1) is 0 Å². The molecule has 1 saturated heterocycles. The summed E-state index contributed by atoms with van der Waals surface area (Å²) in [5.74, 6) is 0.666. The summed E-state index contributed by atoms with van der Waals surface area (Å²) in [6.45, 7) is 6.71. The maximum atomic E-state index is 14.0. The number of piperidine rings is 1.